The number of rotatable bonds is 2. The van der Waals surface area contributed by atoms with E-state index in [1.54, 1.807) is 6.07 Å². The number of aromatic amines is 1. The fourth-order valence-corrected chi connectivity index (χ4v) is 3.75. The predicted molar refractivity (Wildman–Crippen MR) is 92.3 cm³/mol. The third kappa shape index (κ3) is 3.12. The summed E-state index contributed by atoms with van der Waals surface area (Å²) in [6, 6.07) is 10.4. The monoisotopic (exact) mass is 333 g/mol. The fraction of sp³-hybridized carbons (Fsp3) is 0.412. The topological polar surface area (TPSA) is 74.0 Å². The van der Waals surface area contributed by atoms with Crippen molar-refractivity contribution in [2.75, 3.05) is 0 Å². The summed E-state index contributed by atoms with van der Waals surface area (Å²) in [5.74, 6) is -0.265. The zero-order valence-corrected chi connectivity index (χ0v) is 13.5. The summed E-state index contributed by atoms with van der Waals surface area (Å²) in [5.41, 5.74) is 0.627. The highest BCUT2D eigenvalue weighted by Gasteiger charge is 2.34. The Morgan fingerprint density at radius 3 is 2.57 bits per heavy atom. The molecule has 3 heterocycles. The van der Waals surface area contributed by atoms with Crippen molar-refractivity contribution in [1.82, 2.24) is 15.6 Å². The van der Waals surface area contributed by atoms with Gasteiger partial charge < -0.3 is 15.6 Å². The van der Waals surface area contributed by atoms with Crippen LogP contribution in [-0.4, -0.2) is 29.0 Å². The number of hydrogen-bond acceptors (Lipinski definition) is 3. The first-order valence-corrected chi connectivity index (χ1v) is 7.88. The van der Waals surface area contributed by atoms with E-state index in [1.165, 1.54) is 12.8 Å². The minimum absolute atomic E-state index is 0. The molecule has 2 unspecified atom stereocenters. The molecular formula is C17H20ClN3O2. The molecule has 5 nitrogen and oxygen atoms in total. The van der Waals surface area contributed by atoms with Gasteiger partial charge in [-0.1, -0.05) is 18.2 Å². The maximum absolute atomic E-state index is 12.5. The molecule has 122 valence electrons. The van der Waals surface area contributed by atoms with E-state index in [1.807, 2.05) is 24.3 Å². The van der Waals surface area contributed by atoms with E-state index in [0.717, 1.165) is 23.7 Å². The smallest absolute Gasteiger partial charge is 0.261 e. The Balaban J connectivity index is 0.00000156. The molecule has 2 aromatic rings. The number of hydrogen-bond donors (Lipinski definition) is 3. The van der Waals surface area contributed by atoms with Crippen LogP contribution in [0.25, 0.3) is 10.9 Å². The molecule has 0 aliphatic carbocycles. The van der Waals surface area contributed by atoms with Gasteiger partial charge in [-0.2, -0.15) is 0 Å². The molecule has 0 saturated carbocycles. The lowest BCUT2D eigenvalue weighted by Gasteiger charge is -2.29. The molecule has 1 amide bonds. The number of carbonyl (C=O) groups excluding carboxylic acids is 1. The Labute approximate surface area is 140 Å². The summed E-state index contributed by atoms with van der Waals surface area (Å²) in [6.07, 6.45) is 4.28. The van der Waals surface area contributed by atoms with Crippen molar-refractivity contribution in [3.63, 3.8) is 0 Å². The van der Waals surface area contributed by atoms with Gasteiger partial charge in [-0.25, -0.2) is 0 Å². The standard InChI is InChI=1S/C17H19N3O2.ClH/c21-16(19-13-8-11-5-6-12(9-13)18-11)14-7-10-3-1-2-4-15(10)20-17(14)22;/h1-4,7,11-13,18H,5-6,8-9H2,(H,19,21)(H,20,22);1H. The zero-order valence-electron chi connectivity index (χ0n) is 12.7. The third-order valence-electron chi connectivity index (χ3n) is 4.81. The van der Waals surface area contributed by atoms with E-state index in [9.17, 15) is 9.59 Å². The van der Waals surface area contributed by atoms with Gasteiger partial charge in [0.2, 0.25) is 0 Å². The number of nitrogens with one attached hydrogen (secondary N) is 3. The first kappa shape index (κ1) is 16.0. The lowest BCUT2D eigenvalue weighted by molar-refractivity contribution is 0.0922. The van der Waals surface area contributed by atoms with Gasteiger partial charge in [0.25, 0.3) is 11.5 Å². The van der Waals surface area contributed by atoms with Crippen molar-refractivity contribution in [1.29, 1.82) is 0 Å². The van der Waals surface area contributed by atoms with E-state index in [2.05, 4.69) is 15.6 Å². The van der Waals surface area contributed by atoms with E-state index in [0.29, 0.717) is 12.1 Å². The van der Waals surface area contributed by atoms with E-state index in [4.69, 9.17) is 0 Å². The number of carbonyl (C=O) groups is 1. The lowest BCUT2D eigenvalue weighted by Crippen LogP contribution is -2.48. The molecule has 1 aromatic heterocycles. The minimum Gasteiger partial charge on any atom is -0.349 e. The van der Waals surface area contributed by atoms with Crippen LogP contribution in [0.5, 0.6) is 0 Å². The van der Waals surface area contributed by atoms with Crippen LogP contribution in [0.4, 0.5) is 0 Å². The Hall–Kier alpha value is -1.85. The molecule has 6 heteroatoms. The summed E-state index contributed by atoms with van der Waals surface area (Å²) in [4.78, 5) is 27.4. The van der Waals surface area contributed by atoms with Gasteiger partial charge >= 0.3 is 0 Å². The molecule has 0 spiro atoms. The number of H-pyrrole nitrogens is 1. The molecule has 2 aliphatic rings. The second kappa shape index (κ2) is 6.34. The molecule has 2 saturated heterocycles. The second-order valence-electron chi connectivity index (χ2n) is 6.38. The van der Waals surface area contributed by atoms with Crippen LogP contribution in [0.1, 0.15) is 36.0 Å². The van der Waals surface area contributed by atoms with Crippen LogP contribution in [-0.2, 0) is 0 Å². The quantitative estimate of drug-likeness (QED) is 0.786. The van der Waals surface area contributed by atoms with Crippen molar-refractivity contribution in [2.45, 2.75) is 43.8 Å². The van der Waals surface area contributed by atoms with Crippen LogP contribution in [0, 0.1) is 0 Å². The lowest BCUT2D eigenvalue weighted by atomic mass is 9.99. The van der Waals surface area contributed by atoms with Gasteiger partial charge in [0.15, 0.2) is 0 Å². The number of aromatic nitrogens is 1. The number of pyridine rings is 1. The van der Waals surface area contributed by atoms with Gasteiger partial charge in [-0.3, -0.25) is 9.59 Å². The van der Waals surface area contributed by atoms with E-state index in [-0.39, 0.29) is 35.5 Å². The van der Waals surface area contributed by atoms with E-state index >= 15 is 0 Å². The summed E-state index contributed by atoms with van der Waals surface area (Å²) in [7, 11) is 0. The Bertz CT molecular complexity index is 777. The number of piperidine rings is 1. The summed E-state index contributed by atoms with van der Waals surface area (Å²) < 4.78 is 0. The van der Waals surface area contributed by atoms with Crippen LogP contribution in [0.2, 0.25) is 0 Å². The highest BCUT2D eigenvalue weighted by Crippen LogP contribution is 2.26. The van der Waals surface area contributed by atoms with Crippen molar-refractivity contribution >= 4 is 29.2 Å². The Morgan fingerprint density at radius 2 is 1.83 bits per heavy atom. The largest absolute Gasteiger partial charge is 0.349 e. The number of benzene rings is 1. The molecule has 0 radical (unpaired) electrons. The van der Waals surface area contributed by atoms with Crippen LogP contribution < -0.4 is 16.2 Å². The van der Waals surface area contributed by atoms with Crippen LogP contribution >= 0.6 is 12.4 Å². The van der Waals surface area contributed by atoms with Gasteiger partial charge in [-0.05, 0) is 43.2 Å². The maximum atomic E-state index is 12.5. The summed E-state index contributed by atoms with van der Waals surface area (Å²) in [6.45, 7) is 0. The molecule has 4 rings (SSSR count). The first-order chi connectivity index (χ1) is 10.7. The number of amides is 1. The van der Waals surface area contributed by atoms with Gasteiger partial charge in [0, 0.05) is 23.6 Å². The predicted octanol–water partition coefficient (Wildman–Crippen LogP) is 1.96. The third-order valence-corrected chi connectivity index (χ3v) is 4.81. The van der Waals surface area contributed by atoms with Crippen molar-refractivity contribution in [2.24, 2.45) is 0 Å². The molecule has 2 aliphatic heterocycles. The highest BCUT2D eigenvalue weighted by atomic mass is 35.5. The molecule has 2 atom stereocenters. The first-order valence-electron chi connectivity index (χ1n) is 7.88. The number of halogens is 1. The summed E-state index contributed by atoms with van der Waals surface area (Å²) in [5, 5.41) is 7.47. The Morgan fingerprint density at radius 1 is 1.13 bits per heavy atom. The van der Waals surface area contributed by atoms with Gasteiger partial charge in [0.1, 0.15) is 5.56 Å². The molecule has 2 bridgehead atoms. The highest BCUT2D eigenvalue weighted by molar-refractivity contribution is 5.97. The zero-order chi connectivity index (χ0) is 15.1. The van der Waals surface area contributed by atoms with Crippen molar-refractivity contribution < 1.29 is 4.79 Å². The molecule has 2 fully saturated rings. The average molecular weight is 334 g/mol. The van der Waals surface area contributed by atoms with Crippen molar-refractivity contribution in [3.8, 4) is 0 Å². The number of fused-ring (bicyclic) bond motifs is 3. The van der Waals surface area contributed by atoms with Crippen molar-refractivity contribution in [3.05, 3.63) is 46.2 Å². The summed E-state index contributed by atoms with van der Waals surface area (Å²) >= 11 is 0. The molecule has 3 N–H and O–H groups in total. The van der Waals surface area contributed by atoms with E-state index < -0.39 is 0 Å². The fourth-order valence-electron chi connectivity index (χ4n) is 3.75. The van der Waals surface area contributed by atoms with Crippen LogP contribution in [0.15, 0.2) is 35.1 Å². The normalized spacial score (nSPS) is 25.8. The maximum Gasteiger partial charge on any atom is 0.261 e. The molecule has 1 aromatic carbocycles. The van der Waals surface area contributed by atoms with Crippen LogP contribution in [0.3, 0.4) is 0 Å². The van der Waals surface area contributed by atoms with Gasteiger partial charge in [0.05, 0.1) is 0 Å². The second-order valence-corrected chi connectivity index (χ2v) is 6.38. The number of para-hydroxylation sites is 1. The molecule has 23 heavy (non-hydrogen) atoms. The average Bonchev–Trinajstić information content (AvgIpc) is 2.85. The minimum atomic E-state index is -0.326. The van der Waals surface area contributed by atoms with Gasteiger partial charge in [-0.15, -0.1) is 12.4 Å². The SMILES string of the molecule is Cl.O=C(NC1CC2CCC(C1)N2)c1cc2ccccc2[nH]c1=O. The molecular weight excluding hydrogens is 314 g/mol. The Kier molecular flexibility index (Phi) is 4.41.